The topological polar surface area (TPSA) is 60.6 Å². The maximum absolute atomic E-state index is 5.64. The molecule has 1 heterocycles. The molecule has 0 aliphatic rings. The average molecular weight is 293 g/mol. The van der Waals surface area contributed by atoms with Crippen LogP contribution in [0.15, 0.2) is 24.4 Å². The van der Waals surface area contributed by atoms with Crippen LogP contribution in [-0.4, -0.2) is 31.2 Å². The summed E-state index contributed by atoms with van der Waals surface area (Å²) in [4.78, 5) is 7.40. The molecule has 2 rings (SSSR count). The zero-order valence-corrected chi connectivity index (χ0v) is 12.7. The van der Waals surface area contributed by atoms with E-state index in [-0.39, 0.29) is 0 Å². The molecule has 2 N–H and O–H groups in total. The van der Waals surface area contributed by atoms with E-state index in [9.17, 15) is 0 Å². The summed E-state index contributed by atoms with van der Waals surface area (Å²) >= 11 is 1.52. The van der Waals surface area contributed by atoms with E-state index in [2.05, 4.69) is 16.9 Å². The lowest BCUT2D eigenvalue weighted by Crippen LogP contribution is -2.17. The normalized spacial score (nSPS) is 10.8. The van der Waals surface area contributed by atoms with Crippen LogP contribution in [0.4, 0.5) is 5.13 Å². The highest BCUT2D eigenvalue weighted by atomic mass is 32.1. The molecule has 108 valence electrons. The number of anilines is 1. The predicted molar refractivity (Wildman–Crippen MR) is 81.2 cm³/mol. The van der Waals surface area contributed by atoms with Crippen molar-refractivity contribution in [3.05, 3.63) is 34.8 Å². The molecular weight excluding hydrogens is 274 g/mol. The third-order valence-corrected chi connectivity index (χ3v) is 3.74. The summed E-state index contributed by atoms with van der Waals surface area (Å²) in [6, 6.07) is 5.86. The van der Waals surface area contributed by atoms with Crippen molar-refractivity contribution < 1.29 is 9.47 Å². The number of ether oxygens (including phenoxy) is 2. The van der Waals surface area contributed by atoms with Gasteiger partial charge in [-0.05, 0) is 13.1 Å². The van der Waals surface area contributed by atoms with Gasteiger partial charge in [-0.3, -0.25) is 4.90 Å². The standard InChI is InChI=1S/C14H19N3O2S/c1-17(9-12-7-16-14(15)20-12)8-10-4-5-11(18-2)6-13(10)19-3/h4-7H,8-9H2,1-3H3,(H2,15,16). The zero-order valence-electron chi connectivity index (χ0n) is 11.9. The molecule has 0 spiro atoms. The molecule has 20 heavy (non-hydrogen) atoms. The third-order valence-electron chi connectivity index (χ3n) is 2.93. The first-order chi connectivity index (χ1) is 9.62. The minimum absolute atomic E-state index is 0.607. The van der Waals surface area contributed by atoms with E-state index >= 15 is 0 Å². The molecule has 0 bridgehead atoms. The lowest BCUT2D eigenvalue weighted by molar-refractivity contribution is 0.311. The summed E-state index contributed by atoms with van der Waals surface area (Å²) in [6.07, 6.45) is 1.82. The van der Waals surface area contributed by atoms with Gasteiger partial charge in [0.1, 0.15) is 11.5 Å². The second-order valence-electron chi connectivity index (χ2n) is 4.51. The number of hydrogen-bond acceptors (Lipinski definition) is 6. The summed E-state index contributed by atoms with van der Waals surface area (Å²) in [5.74, 6) is 1.63. The molecule has 6 heteroatoms. The van der Waals surface area contributed by atoms with Crippen LogP contribution >= 0.6 is 11.3 Å². The van der Waals surface area contributed by atoms with E-state index in [1.54, 1.807) is 14.2 Å². The number of methoxy groups -OCH3 is 2. The Balaban J connectivity index is 2.05. The van der Waals surface area contributed by atoms with E-state index < -0.39 is 0 Å². The van der Waals surface area contributed by atoms with Gasteiger partial charge < -0.3 is 15.2 Å². The average Bonchev–Trinajstić information content (AvgIpc) is 2.84. The van der Waals surface area contributed by atoms with Crippen molar-refractivity contribution in [2.24, 2.45) is 0 Å². The molecular formula is C14H19N3O2S. The highest BCUT2D eigenvalue weighted by molar-refractivity contribution is 7.15. The van der Waals surface area contributed by atoms with E-state index in [1.165, 1.54) is 11.3 Å². The molecule has 0 atom stereocenters. The van der Waals surface area contributed by atoms with Crippen molar-refractivity contribution in [1.29, 1.82) is 0 Å². The van der Waals surface area contributed by atoms with Gasteiger partial charge >= 0.3 is 0 Å². The Labute approximate surface area is 123 Å². The number of aromatic nitrogens is 1. The molecule has 1 aromatic heterocycles. The van der Waals surface area contributed by atoms with Crippen LogP contribution in [0.2, 0.25) is 0 Å². The van der Waals surface area contributed by atoms with Gasteiger partial charge in [0.25, 0.3) is 0 Å². The predicted octanol–water partition coefficient (Wildman–Crippen LogP) is 2.37. The van der Waals surface area contributed by atoms with Gasteiger partial charge in [0.15, 0.2) is 5.13 Å². The number of nitrogen functional groups attached to an aromatic ring is 1. The first-order valence-corrected chi connectivity index (χ1v) is 7.03. The molecule has 0 saturated heterocycles. The minimum Gasteiger partial charge on any atom is -0.497 e. The molecule has 5 nitrogen and oxygen atoms in total. The Morgan fingerprint density at radius 3 is 2.65 bits per heavy atom. The SMILES string of the molecule is COc1ccc(CN(C)Cc2cnc(N)s2)c(OC)c1. The van der Waals surface area contributed by atoms with Crippen LogP contribution in [0, 0.1) is 0 Å². The maximum atomic E-state index is 5.64. The minimum atomic E-state index is 0.607. The highest BCUT2D eigenvalue weighted by Gasteiger charge is 2.09. The fourth-order valence-electron chi connectivity index (χ4n) is 1.99. The molecule has 2 aromatic rings. The Morgan fingerprint density at radius 2 is 2.05 bits per heavy atom. The van der Waals surface area contributed by atoms with Gasteiger partial charge in [0.2, 0.25) is 0 Å². The van der Waals surface area contributed by atoms with Gasteiger partial charge in [0.05, 0.1) is 14.2 Å². The molecule has 0 fully saturated rings. The molecule has 0 amide bonds. The first-order valence-electron chi connectivity index (χ1n) is 6.22. The molecule has 0 aliphatic carbocycles. The van der Waals surface area contributed by atoms with Crippen LogP contribution in [0.25, 0.3) is 0 Å². The van der Waals surface area contributed by atoms with Crippen LogP contribution in [0.1, 0.15) is 10.4 Å². The number of rotatable bonds is 6. The Hall–Kier alpha value is -1.79. The number of hydrogen-bond donors (Lipinski definition) is 1. The van der Waals surface area contributed by atoms with Crippen molar-refractivity contribution in [2.75, 3.05) is 27.0 Å². The number of thiazole rings is 1. The molecule has 0 aliphatic heterocycles. The van der Waals surface area contributed by atoms with Gasteiger partial charge in [-0.15, -0.1) is 11.3 Å². The van der Waals surface area contributed by atoms with Crippen LogP contribution in [-0.2, 0) is 13.1 Å². The lowest BCUT2D eigenvalue weighted by atomic mass is 10.2. The smallest absolute Gasteiger partial charge is 0.180 e. The van der Waals surface area contributed by atoms with Crippen molar-refractivity contribution >= 4 is 16.5 Å². The first kappa shape index (κ1) is 14.6. The van der Waals surface area contributed by atoms with Gasteiger partial charge in [-0.1, -0.05) is 6.07 Å². The fraction of sp³-hybridized carbons (Fsp3) is 0.357. The molecule has 0 radical (unpaired) electrons. The van der Waals surface area contributed by atoms with Gasteiger partial charge in [-0.2, -0.15) is 0 Å². The van der Waals surface area contributed by atoms with Crippen molar-refractivity contribution in [1.82, 2.24) is 9.88 Å². The summed E-state index contributed by atoms with van der Waals surface area (Å²) in [6.45, 7) is 1.59. The van der Waals surface area contributed by atoms with E-state index in [0.717, 1.165) is 35.0 Å². The van der Waals surface area contributed by atoms with Crippen molar-refractivity contribution in [3.8, 4) is 11.5 Å². The summed E-state index contributed by atoms with van der Waals surface area (Å²) < 4.78 is 10.6. The molecule has 1 aromatic carbocycles. The summed E-state index contributed by atoms with van der Waals surface area (Å²) in [7, 11) is 5.37. The number of nitrogens with two attached hydrogens (primary N) is 1. The number of nitrogens with zero attached hydrogens (tertiary/aromatic N) is 2. The van der Waals surface area contributed by atoms with Gasteiger partial charge in [0, 0.05) is 35.8 Å². The largest absolute Gasteiger partial charge is 0.497 e. The summed E-state index contributed by atoms with van der Waals surface area (Å²) in [5.41, 5.74) is 6.76. The van der Waals surface area contributed by atoms with Crippen LogP contribution < -0.4 is 15.2 Å². The maximum Gasteiger partial charge on any atom is 0.180 e. The van der Waals surface area contributed by atoms with E-state index in [0.29, 0.717) is 5.13 Å². The highest BCUT2D eigenvalue weighted by Crippen LogP contribution is 2.26. The molecule has 0 unspecified atom stereocenters. The fourth-order valence-corrected chi connectivity index (χ4v) is 2.76. The van der Waals surface area contributed by atoms with Crippen molar-refractivity contribution in [2.45, 2.75) is 13.1 Å². The monoisotopic (exact) mass is 293 g/mol. The summed E-state index contributed by atoms with van der Waals surface area (Å²) in [5, 5.41) is 0.607. The van der Waals surface area contributed by atoms with Crippen LogP contribution in [0.3, 0.4) is 0 Å². The zero-order chi connectivity index (χ0) is 14.5. The second-order valence-corrected chi connectivity index (χ2v) is 5.66. The molecule has 0 saturated carbocycles. The quantitative estimate of drug-likeness (QED) is 0.886. The second kappa shape index (κ2) is 6.58. The van der Waals surface area contributed by atoms with E-state index in [4.69, 9.17) is 15.2 Å². The lowest BCUT2D eigenvalue weighted by Gasteiger charge is -2.18. The third kappa shape index (κ3) is 3.61. The van der Waals surface area contributed by atoms with E-state index in [1.807, 2.05) is 24.4 Å². The Morgan fingerprint density at radius 1 is 1.25 bits per heavy atom. The number of benzene rings is 1. The Bertz CT molecular complexity index is 571. The Kier molecular flexibility index (Phi) is 4.81. The van der Waals surface area contributed by atoms with Crippen molar-refractivity contribution in [3.63, 3.8) is 0 Å². The van der Waals surface area contributed by atoms with Crippen LogP contribution in [0.5, 0.6) is 11.5 Å². The van der Waals surface area contributed by atoms with Gasteiger partial charge in [-0.25, -0.2) is 4.98 Å².